The van der Waals surface area contributed by atoms with Crippen LogP contribution < -0.4 is 4.90 Å². The molecular weight excluding hydrogens is 287 g/mol. The SMILES string of the molecule is CN(Cc1ccoc1)c1ccc(C(=O)O)cc1C(F)(F)F. The van der Waals surface area contributed by atoms with Gasteiger partial charge in [-0.25, -0.2) is 4.79 Å². The molecule has 0 fully saturated rings. The third-order valence-electron chi connectivity index (χ3n) is 2.96. The van der Waals surface area contributed by atoms with Crippen LogP contribution in [-0.4, -0.2) is 18.1 Å². The molecule has 1 heterocycles. The minimum absolute atomic E-state index is 0.0892. The van der Waals surface area contributed by atoms with E-state index < -0.39 is 23.3 Å². The summed E-state index contributed by atoms with van der Waals surface area (Å²) < 4.78 is 44.2. The van der Waals surface area contributed by atoms with Crippen molar-refractivity contribution in [1.29, 1.82) is 0 Å². The van der Waals surface area contributed by atoms with Gasteiger partial charge in [0.2, 0.25) is 0 Å². The second-order valence-corrected chi connectivity index (χ2v) is 4.52. The van der Waals surface area contributed by atoms with Gasteiger partial charge in [-0.15, -0.1) is 0 Å². The average Bonchev–Trinajstić information content (AvgIpc) is 2.89. The highest BCUT2D eigenvalue weighted by molar-refractivity contribution is 5.88. The molecule has 0 spiro atoms. The Morgan fingerprint density at radius 1 is 1.33 bits per heavy atom. The maximum absolute atomic E-state index is 13.1. The van der Waals surface area contributed by atoms with Crippen molar-refractivity contribution in [1.82, 2.24) is 0 Å². The third kappa shape index (κ3) is 3.36. The number of aromatic carboxylic acids is 1. The Morgan fingerprint density at radius 3 is 2.57 bits per heavy atom. The first-order valence-electron chi connectivity index (χ1n) is 5.96. The van der Waals surface area contributed by atoms with Crippen LogP contribution in [0.15, 0.2) is 41.2 Å². The van der Waals surface area contributed by atoms with Gasteiger partial charge in [0, 0.05) is 24.8 Å². The predicted molar refractivity (Wildman–Crippen MR) is 69.2 cm³/mol. The summed E-state index contributed by atoms with van der Waals surface area (Å²) in [6.07, 6.45) is -1.76. The van der Waals surface area contributed by atoms with Crippen LogP contribution in [0.5, 0.6) is 0 Å². The molecule has 1 aromatic carbocycles. The van der Waals surface area contributed by atoms with Crippen LogP contribution in [0, 0.1) is 0 Å². The summed E-state index contributed by atoms with van der Waals surface area (Å²) in [7, 11) is 1.50. The molecule has 0 aliphatic heterocycles. The molecule has 112 valence electrons. The maximum Gasteiger partial charge on any atom is 0.418 e. The highest BCUT2D eigenvalue weighted by atomic mass is 19.4. The van der Waals surface area contributed by atoms with E-state index in [-0.39, 0.29) is 12.2 Å². The third-order valence-corrected chi connectivity index (χ3v) is 2.96. The average molecular weight is 299 g/mol. The lowest BCUT2D eigenvalue weighted by Crippen LogP contribution is -2.21. The zero-order chi connectivity index (χ0) is 15.6. The number of furan rings is 1. The molecule has 2 rings (SSSR count). The van der Waals surface area contributed by atoms with Gasteiger partial charge in [-0.3, -0.25) is 0 Å². The molecule has 0 aliphatic carbocycles. The summed E-state index contributed by atoms with van der Waals surface area (Å²) in [6.45, 7) is 0.214. The van der Waals surface area contributed by atoms with Crippen molar-refractivity contribution in [3.8, 4) is 0 Å². The van der Waals surface area contributed by atoms with Crippen molar-refractivity contribution in [3.05, 3.63) is 53.5 Å². The zero-order valence-electron chi connectivity index (χ0n) is 11.0. The number of carbonyl (C=O) groups is 1. The molecule has 0 unspecified atom stereocenters. The molecule has 0 radical (unpaired) electrons. The van der Waals surface area contributed by atoms with E-state index in [4.69, 9.17) is 9.52 Å². The van der Waals surface area contributed by atoms with Crippen molar-refractivity contribution in [3.63, 3.8) is 0 Å². The number of halogens is 3. The van der Waals surface area contributed by atoms with Crippen molar-refractivity contribution in [2.75, 3.05) is 11.9 Å². The molecule has 1 N–H and O–H groups in total. The number of carboxylic acid groups (broad SMARTS) is 1. The Hall–Kier alpha value is -2.44. The molecule has 0 aliphatic rings. The quantitative estimate of drug-likeness (QED) is 0.936. The maximum atomic E-state index is 13.1. The van der Waals surface area contributed by atoms with Crippen molar-refractivity contribution in [2.45, 2.75) is 12.7 Å². The van der Waals surface area contributed by atoms with Gasteiger partial charge < -0.3 is 14.4 Å². The molecule has 2 aromatic rings. The van der Waals surface area contributed by atoms with E-state index >= 15 is 0 Å². The van der Waals surface area contributed by atoms with Crippen molar-refractivity contribution >= 4 is 11.7 Å². The molecule has 21 heavy (non-hydrogen) atoms. The van der Waals surface area contributed by atoms with Crippen LogP contribution in [0.25, 0.3) is 0 Å². The van der Waals surface area contributed by atoms with Crippen molar-refractivity contribution in [2.24, 2.45) is 0 Å². The van der Waals surface area contributed by atoms with E-state index in [1.165, 1.54) is 24.5 Å². The van der Waals surface area contributed by atoms with Crippen LogP contribution in [0.4, 0.5) is 18.9 Å². The predicted octanol–water partition coefficient (Wildman–Crippen LogP) is 3.63. The van der Waals surface area contributed by atoms with Gasteiger partial charge in [-0.05, 0) is 24.3 Å². The van der Waals surface area contributed by atoms with E-state index in [1.807, 2.05) is 0 Å². The highest BCUT2D eigenvalue weighted by Gasteiger charge is 2.35. The van der Waals surface area contributed by atoms with Gasteiger partial charge in [0.25, 0.3) is 0 Å². The lowest BCUT2D eigenvalue weighted by Gasteiger charge is -2.23. The number of anilines is 1. The Balaban J connectivity index is 2.40. The van der Waals surface area contributed by atoms with Crippen LogP contribution in [-0.2, 0) is 12.7 Å². The van der Waals surface area contributed by atoms with Gasteiger partial charge in [0.1, 0.15) is 0 Å². The minimum atomic E-state index is -4.63. The molecule has 4 nitrogen and oxygen atoms in total. The summed E-state index contributed by atoms with van der Waals surface area (Å²) in [5.41, 5.74) is -0.752. The van der Waals surface area contributed by atoms with Crippen LogP contribution in [0.1, 0.15) is 21.5 Å². The number of rotatable bonds is 4. The Kier molecular flexibility index (Phi) is 3.93. The van der Waals surface area contributed by atoms with Crippen LogP contribution in [0.2, 0.25) is 0 Å². The van der Waals surface area contributed by atoms with E-state index in [0.717, 1.165) is 12.1 Å². The fourth-order valence-electron chi connectivity index (χ4n) is 1.97. The zero-order valence-corrected chi connectivity index (χ0v) is 11.0. The first-order chi connectivity index (χ1) is 9.79. The molecule has 1 aromatic heterocycles. The van der Waals surface area contributed by atoms with Gasteiger partial charge in [-0.2, -0.15) is 13.2 Å². The fourth-order valence-corrected chi connectivity index (χ4v) is 1.97. The lowest BCUT2D eigenvalue weighted by atomic mass is 10.1. The molecule has 0 saturated heterocycles. The summed E-state index contributed by atoms with van der Waals surface area (Å²) >= 11 is 0. The first-order valence-corrected chi connectivity index (χ1v) is 5.96. The molecule has 0 atom stereocenters. The second-order valence-electron chi connectivity index (χ2n) is 4.52. The fraction of sp³-hybridized carbons (Fsp3) is 0.214. The van der Waals surface area contributed by atoms with E-state index in [0.29, 0.717) is 11.6 Å². The number of benzene rings is 1. The molecule has 0 saturated carbocycles. The van der Waals surface area contributed by atoms with Crippen molar-refractivity contribution < 1.29 is 27.5 Å². The molecule has 7 heteroatoms. The summed E-state index contributed by atoms with van der Waals surface area (Å²) in [4.78, 5) is 12.2. The summed E-state index contributed by atoms with van der Waals surface area (Å²) in [5, 5.41) is 8.82. The topological polar surface area (TPSA) is 53.7 Å². The van der Waals surface area contributed by atoms with E-state index in [2.05, 4.69) is 0 Å². The molecular formula is C14H12F3NO3. The Morgan fingerprint density at radius 2 is 2.05 bits per heavy atom. The van der Waals surface area contributed by atoms with E-state index in [9.17, 15) is 18.0 Å². The number of nitrogens with zero attached hydrogens (tertiary/aromatic N) is 1. The normalized spacial score (nSPS) is 11.4. The second kappa shape index (κ2) is 5.51. The lowest BCUT2D eigenvalue weighted by molar-refractivity contribution is -0.137. The van der Waals surface area contributed by atoms with Gasteiger partial charge in [0.15, 0.2) is 0 Å². The summed E-state index contributed by atoms with van der Waals surface area (Å²) in [6, 6.07) is 4.60. The minimum Gasteiger partial charge on any atom is -0.478 e. The molecule has 0 bridgehead atoms. The van der Waals surface area contributed by atoms with Crippen LogP contribution >= 0.6 is 0 Å². The number of hydrogen-bond acceptors (Lipinski definition) is 3. The van der Waals surface area contributed by atoms with Crippen LogP contribution in [0.3, 0.4) is 0 Å². The van der Waals surface area contributed by atoms with Gasteiger partial charge >= 0.3 is 12.1 Å². The standard InChI is InChI=1S/C14H12F3NO3/c1-18(7-9-4-5-21-8-9)12-3-2-10(13(19)20)6-11(12)14(15,16)17/h2-6,8H,7H2,1H3,(H,19,20). The smallest absolute Gasteiger partial charge is 0.418 e. The number of hydrogen-bond donors (Lipinski definition) is 1. The summed E-state index contributed by atoms with van der Waals surface area (Å²) in [5.74, 6) is -1.40. The molecule has 0 amide bonds. The van der Waals surface area contributed by atoms with E-state index in [1.54, 1.807) is 6.07 Å². The Bertz CT molecular complexity index is 635. The number of carboxylic acids is 1. The van der Waals surface area contributed by atoms with Gasteiger partial charge in [-0.1, -0.05) is 0 Å². The largest absolute Gasteiger partial charge is 0.478 e. The monoisotopic (exact) mass is 299 g/mol. The highest BCUT2D eigenvalue weighted by Crippen LogP contribution is 2.37. The van der Waals surface area contributed by atoms with Gasteiger partial charge in [0.05, 0.1) is 23.7 Å². The Labute approximate surface area is 118 Å². The first kappa shape index (κ1) is 15.0. The number of alkyl halides is 3.